The summed E-state index contributed by atoms with van der Waals surface area (Å²) in [5, 5.41) is 0. The second-order valence-corrected chi connectivity index (χ2v) is 4.61. The molecule has 1 heterocycles. The molecule has 0 radical (unpaired) electrons. The van der Waals surface area contributed by atoms with Crippen LogP contribution in [0.1, 0.15) is 46.5 Å². The highest BCUT2D eigenvalue weighted by Crippen LogP contribution is 2.23. The Kier molecular flexibility index (Phi) is 5.81. The quantitative estimate of drug-likeness (QED) is 0.653. The van der Waals surface area contributed by atoms with Crippen LogP contribution in [0.2, 0.25) is 0 Å². The lowest BCUT2D eigenvalue weighted by Gasteiger charge is -2.25. The Hall–Kier alpha value is -0.570. The van der Waals surface area contributed by atoms with Crippen LogP contribution in [0.15, 0.2) is 0 Å². The van der Waals surface area contributed by atoms with Crippen molar-refractivity contribution in [2.45, 2.75) is 52.5 Å². The Morgan fingerprint density at radius 2 is 2.19 bits per heavy atom. The third-order valence-corrected chi connectivity index (χ3v) is 3.46. The monoisotopic (exact) mass is 227 g/mol. The van der Waals surface area contributed by atoms with Gasteiger partial charge in [0, 0.05) is 6.54 Å². The molecule has 0 aromatic heterocycles. The van der Waals surface area contributed by atoms with E-state index in [0.29, 0.717) is 6.61 Å². The zero-order valence-electron chi connectivity index (χ0n) is 10.9. The fourth-order valence-corrected chi connectivity index (χ4v) is 2.44. The lowest BCUT2D eigenvalue weighted by atomic mass is 10.1. The molecule has 0 saturated carbocycles. The van der Waals surface area contributed by atoms with Crippen molar-refractivity contribution >= 4 is 5.97 Å². The maximum absolute atomic E-state index is 11.9. The highest BCUT2D eigenvalue weighted by molar-refractivity contribution is 5.75. The number of carbonyl (C=O) groups excluding carboxylic acids is 1. The van der Waals surface area contributed by atoms with E-state index in [9.17, 15) is 4.79 Å². The van der Waals surface area contributed by atoms with Crippen LogP contribution in [-0.2, 0) is 9.53 Å². The topological polar surface area (TPSA) is 29.5 Å². The predicted molar refractivity (Wildman–Crippen MR) is 65.3 cm³/mol. The van der Waals surface area contributed by atoms with Crippen LogP contribution in [0.25, 0.3) is 0 Å². The first-order valence-corrected chi connectivity index (χ1v) is 6.63. The number of carbonyl (C=O) groups is 1. The summed E-state index contributed by atoms with van der Waals surface area (Å²) in [5.74, 6) is 0.745. The van der Waals surface area contributed by atoms with Gasteiger partial charge in [-0.1, -0.05) is 26.7 Å². The Balaban J connectivity index is 2.53. The standard InChI is InChI=1S/C13H25NO2/c1-4-7-12(13(15)16-6-3)14-9-8-11(5-2)10-14/h11-12H,4-10H2,1-3H3. The third kappa shape index (κ3) is 3.48. The highest BCUT2D eigenvalue weighted by atomic mass is 16.5. The van der Waals surface area contributed by atoms with E-state index in [-0.39, 0.29) is 12.0 Å². The van der Waals surface area contributed by atoms with Gasteiger partial charge in [0.2, 0.25) is 0 Å². The Morgan fingerprint density at radius 1 is 1.44 bits per heavy atom. The van der Waals surface area contributed by atoms with Crippen molar-refractivity contribution in [1.29, 1.82) is 0 Å². The highest BCUT2D eigenvalue weighted by Gasteiger charge is 2.31. The second-order valence-electron chi connectivity index (χ2n) is 4.61. The number of hydrogen-bond acceptors (Lipinski definition) is 3. The van der Waals surface area contributed by atoms with Crippen LogP contribution in [0.3, 0.4) is 0 Å². The molecule has 3 nitrogen and oxygen atoms in total. The maximum Gasteiger partial charge on any atom is 0.323 e. The van der Waals surface area contributed by atoms with Gasteiger partial charge in [0.25, 0.3) is 0 Å². The molecular weight excluding hydrogens is 202 g/mol. The average Bonchev–Trinajstić information content (AvgIpc) is 2.74. The van der Waals surface area contributed by atoms with Gasteiger partial charge in [0.1, 0.15) is 6.04 Å². The van der Waals surface area contributed by atoms with Gasteiger partial charge < -0.3 is 4.74 Å². The minimum atomic E-state index is -0.0268. The summed E-state index contributed by atoms with van der Waals surface area (Å²) in [4.78, 5) is 14.2. The van der Waals surface area contributed by atoms with Crippen molar-refractivity contribution in [2.24, 2.45) is 5.92 Å². The Morgan fingerprint density at radius 3 is 2.69 bits per heavy atom. The van der Waals surface area contributed by atoms with Crippen molar-refractivity contribution in [1.82, 2.24) is 4.90 Å². The largest absolute Gasteiger partial charge is 0.465 e. The molecule has 1 aliphatic rings. The predicted octanol–water partition coefficient (Wildman–Crippen LogP) is 2.45. The first kappa shape index (κ1) is 13.5. The molecule has 0 N–H and O–H groups in total. The van der Waals surface area contributed by atoms with Gasteiger partial charge in [0.15, 0.2) is 0 Å². The fourth-order valence-electron chi connectivity index (χ4n) is 2.44. The smallest absolute Gasteiger partial charge is 0.323 e. The summed E-state index contributed by atoms with van der Waals surface area (Å²) in [6.45, 7) is 8.85. The van der Waals surface area contributed by atoms with Crippen LogP contribution in [-0.4, -0.2) is 36.6 Å². The van der Waals surface area contributed by atoms with Gasteiger partial charge in [-0.05, 0) is 32.2 Å². The summed E-state index contributed by atoms with van der Waals surface area (Å²) < 4.78 is 5.16. The van der Waals surface area contributed by atoms with Gasteiger partial charge in [-0.2, -0.15) is 0 Å². The molecule has 0 aromatic carbocycles. The number of hydrogen-bond donors (Lipinski definition) is 0. The van der Waals surface area contributed by atoms with E-state index in [2.05, 4.69) is 18.7 Å². The zero-order valence-corrected chi connectivity index (χ0v) is 10.9. The second kappa shape index (κ2) is 6.89. The number of esters is 1. The summed E-state index contributed by atoms with van der Waals surface area (Å²) >= 11 is 0. The maximum atomic E-state index is 11.9. The van der Waals surface area contributed by atoms with Gasteiger partial charge >= 0.3 is 5.97 Å². The molecule has 0 spiro atoms. The lowest BCUT2D eigenvalue weighted by Crippen LogP contribution is -2.40. The molecule has 0 aliphatic carbocycles. The molecule has 2 unspecified atom stereocenters. The molecule has 16 heavy (non-hydrogen) atoms. The van der Waals surface area contributed by atoms with E-state index in [1.165, 1.54) is 12.8 Å². The van der Waals surface area contributed by atoms with Crippen molar-refractivity contribution in [3.05, 3.63) is 0 Å². The number of likely N-dealkylation sites (tertiary alicyclic amines) is 1. The Labute approximate surface area is 99.1 Å². The lowest BCUT2D eigenvalue weighted by molar-refractivity contribution is -0.149. The van der Waals surface area contributed by atoms with E-state index in [1.807, 2.05) is 6.92 Å². The van der Waals surface area contributed by atoms with E-state index in [0.717, 1.165) is 31.8 Å². The van der Waals surface area contributed by atoms with Crippen molar-refractivity contribution < 1.29 is 9.53 Å². The minimum Gasteiger partial charge on any atom is -0.465 e. The Bertz CT molecular complexity index is 218. The molecule has 1 aliphatic heterocycles. The molecule has 1 saturated heterocycles. The van der Waals surface area contributed by atoms with Crippen molar-refractivity contribution in [3.8, 4) is 0 Å². The molecular formula is C13H25NO2. The molecule has 1 fully saturated rings. The third-order valence-electron chi connectivity index (χ3n) is 3.46. The van der Waals surface area contributed by atoms with Gasteiger partial charge in [0.05, 0.1) is 6.61 Å². The summed E-state index contributed by atoms with van der Waals surface area (Å²) in [5.41, 5.74) is 0. The minimum absolute atomic E-state index is 0.00139. The SMILES string of the molecule is CCCC(C(=O)OCC)N1CCC(CC)C1. The molecule has 0 aromatic rings. The summed E-state index contributed by atoms with van der Waals surface area (Å²) in [7, 11) is 0. The van der Waals surface area contributed by atoms with Crippen molar-refractivity contribution in [2.75, 3.05) is 19.7 Å². The van der Waals surface area contributed by atoms with E-state index in [1.54, 1.807) is 0 Å². The molecule has 2 atom stereocenters. The normalized spacial score (nSPS) is 23.3. The van der Waals surface area contributed by atoms with E-state index >= 15 is 0 Å². The van der Waals surface area contributed by atoms with E-state index < -0.39 is 0 Å². The summed E-state index contributed by atoms with van der Waals surface area (Å²) in [6, 6.07) is 0.00139. The number of rotatable bonds is 6. The first-order chi connectivity index (χ1) is 7.72. The number of ether oxygens (including phenoxy) is 1. The average molecular weight is 227 g/mol. The first-order valence-electron chi connectivity index (χ1n) is 6.63. The van der Waals surface area contributed by atoms with E-state index in [4.69, 9.17) is 4.74 Å². The van der Waals surface area contributed by atoms with Crippen LogP contribution >= 0.6 is 0 Å². The molecule has 0 bridgehead atoms. The molecule has 3 heteroatoms. The molecule has 1 rings (SSSR count). The molecule has 94 valence electrons. The van der Waals surface area contributed by atoms with Crippen LogP contribution < -0.4 is 0 Å². The van der Waals surface area contributed by atoms with Crippen molar-refractivity contribution in [3.63, 3.8) is 0 Å². The van der Waals surface area contributed by atoms with Gasteiger partial charge in [-0.15, -0.1) is 0 Å². The van der Waals surface area contributed by atoms with Crippen LogP contribution in [0.4, 0.5) is 0 Å². The van der Waals surface area contributed by atoms with Crippen LogP contribution in [0, 0.1) is 5.92 Å². The van der Waals surface area contributed by atoms with Gasteiger partial charge in [-0.25, -0.2) is 0 Å². The fraction of sp³-hybridized carbons (Fsp3) is 0.923. The summed E-state index contributed by atoms with van der Waals surface area (Å²) in [6.07, 6.45) is 4.42. The van der Waals surface area contributed by atoms with Gasteiger partial charge in [-0.3, -0.25) is 9.69 Å². The zero-order chi connectivity index (χ0) is 12.0. The molecule has 0 amide bonds. The number of nitrogens with zero attached hydrogens (tertiary/aromatic N) is 1. The van der Waals surface area contributed by atoms with Crippen LogP contribution in [0.5, 0.6) is 0 Å².